The summed E-state index contributed by atoms with van der Waals surface area (Å²) in [7, 11) is 0. The third-order valence-corrected chi connectivity index (χ3v) is 5.44. The Morgan fingerprint density at radius 3 is 2.62 bits per heavy atom. The van der Waals surface area contributed by atoms with Crippen LogP contribution in [0.1, 0.15) is 22.8 Å². The molecule has 2 aromatic heterocycles. The zero-order valence-corrected chi connectivity index (χ0v) is 18.2. The molecule has 0 aliphatic carbocycles. The van der Waals surface area contributed by atoms with E-state index in [1.807, 2.05) is 55.5 Å². The van der Waals surface area contributed by atoms with Crippen molar-refractivity contribution in [3.8, 4) is 28.5 Å². The molecular weight excluding hydrogens is 436 g/mol. The van der Waals surface area contributed by atoms with Crippen LogP contribution < -0.4 is 10.5 Å². The highest BCUT2D eigenvalue weighted by molar-refractivity contribution is 6.01. The minimum atomic E-state index is -1.05. The first-order chi connectivity index (χ1) is 16.5. The quantitative estimate of drug-likeness (QED) is 0.376. The van der Waals surface area contributed by atoms with Crippen molar-refractivity contribution in [2.75, 3.05) is 6.61 Å². The van der Waals surface area contributed by atoms with Gasteiger partial charge in [0, 0.05) is 5.56 Å². The normalized spacial score (nSPS) is 11.1. The first kappa shape index (κ1) is 21.2. The number of fused-ring (bicyclic) bond motifs is 1. The van der Waals surface area contributed by atoms with Crippen molar-refractivity contribution >= 4 is 17.0 Å². The number of para-hydroxylation sites is 1. The van der Waals surface area contributed by atoms with Crippen LogP contribution in [0.3, 0.4) is 0 Å². The Morgan fingerprint density at radius 1 is 1.09 bits per heavy atom. The number of imidazole rings is 1. The summed E-state index contributed by atoms with van der Waals surface area (Å²) in [4.78, 5) is 30.7. The molecule has 170 valence electrons. The Hall–Kier alpha value is -4.66. The Balaban J connectivity index is 1.67. The number of carbonyl (C=O) groups is 1. The lowest BCUT2D eigenvalue weighted by molar-refractivity contribution is 0.0698. The van der Waals surface area contributed by atoms with Gasteiger partial charge < -0.3 is 9.84 Å². The van der Waals surface area contributed by atoms with E-state index in [1.165, 1.54) is 0 Å². The number of aromatic amines is 1. The molecule has 2 N–H and O–H groups in total. The molecule has 0 bridgehead atoms. The molecule has 2 heterocycles. The van der Waals surface area contributed by atoms with Crippen LogP contribution >= 0.6 is 0 Å². The zero-order chi connectivity index (χ0) is 23.7. The second-order valence-electron chi connectivity index (χ2n) is 7.58. The molecule has 0 saturated carbocycles. The Kier molecular flexibility index (Phi) is 5.43. The summed E-state index contributed by atoms with van der Waals surface area (Å²) in [6, 6.07) is 20.8. The molecule has 5 rings (SSSR count). The number of ether oxygens (including phenoxy) is 1. The summed E-state index contributed by atoms with van der Waals surface area (Å²) in [5.74, 6) is -1.39. The number of carboxylic acids is 1. The Labute approximate surface area is 193 Å². The molecule has 9 heteroatoms. The molecule has 0 saturated heterocycles. The van der Waals surface area contributed by atoms with Gasteiger partial charge in [-0.3, -0.25) is 14.1 Å². The van der Waals surface area contributed by atoms with E-state index in [0.29, 0.717) is 41.6 Å². The number of aromatic carboxylic acids is 1. The van der Waals surface area contributed by atoms with Gasteiger partial charge in [0.1, 0.15) is 0 Å². The van der Waals surface area contributed by atoms with Crippen molar-refractivity contribution < 1.29 is 19.2 Å². The Morgan fingerprint density at radius 2 is 1.91 bits per heavy atom. The number of rotatable bonds is 7. The molecule has 0 spiro atoms. The van der Waals surface area contributed by atoms with Crippen molar-refractivity contribution in [3.63, 3.8) is 0 Å². The maximum absolute atomic E-state index is 11.9. The molecule has 9 nitrogen and oxygen atoms in total. The van der Waals surface area contributed by atoms with E-state index in [2.05, 4.69) is 15.1 Å². The highest BCUT2D eigenvalue weighted by Crippen LogP contribution is 2.32. The summed E-state index contributed by atoms with van der Waals surface area (Å²) in [5.41, 5.74) is 4.46. The van der Waals surface area contributed by atoms with Crippen LogP contribution in [0.4, 0.5) is 0 Å². The van der Waals surface area contributed by atoms with Gasteiger partial charge in [0.25, 0.3) is 6.01 Å². The predicted octanol–water partition coefficient (Wildman–Crippen LogP) is 4.19. The van der Waals surface area contributed by atoms with Crippen LogP contribution in [0, 0.1) is 0 Å². The fourth-order valence-corrected chi connectivity index (χ4v) is 4.01. The van der Waals surface area contributed by atoms with Crippen LogP contribution in [0.5, 0.6) is 6.01 Å². The maximum Gasteiger partial charge on any atom is 0.439 e. The average molecular weight is 456 g/mol. The van der Waals surface area contributed by atoms with Gasteiger partial charge >= 0.3 is 11.7 Å². The summed E-state index contributed by atoms with van der Waals surface area (Å²) in [6.45, 7) is 2.51. The molecule has 0 atom stereocenters. The summed E-state index contributed by atoms with van der Waals surface area (Å²) in [5, 5.41) is 13.6. The highest BCUT2D eigenvalue weighted by Gasteiger charge is 2.20. The molecule has 0 unspecified atom stereocenters. The molecule has 0 fully saturated rings. The first-order valence-electron chi connectivity index (χ1n) is 10.6. The third-order valence-electron chi connectivity index (χ3n) is 5.44. The van der Waals surface area contributed by atoms with Crippen LogP contribution in [0.2, 0.25) is 0 Å². The van der Waals surface area contributed by atoms with E-state index in [-0.39, 0.29) is 5.56 Å². The van der Waals surface area contributed by atoms with E-state index >= 15 is 0 Å². The summed E-state index contributed by atoms with van der Waals surface area (Å²) >= 11 is 0. The molecule has 0 aliphatic rings. The summed E-state index contributed by atoms with van der Waals surface area (Å²) < 4.78 is 12.2. The first-order valence-corrected chi connectivity index (χ1v) is 10.6. The monoisotopic (exact) mass is 456 g/mol. The zero-order valence-electron chi connectivity index (χ0n) is 18.2. The van der Waals surface area contributed by atoms with Crippen molar-refractivity contribution in [2.24, 2.45) is 0 Å². The van der Waals surface area contributed by atoms with Gasteiger partial charge in [-0.1, -0.05) is 53.7 Å². The number of nitrogens with one attached hydrogen (secondary N) is 1. The fraction of sp³-hybridized carbons (Fsp3) is 0.120. The number of carboxylic acid groups (broad SMARTS) is 1. The van der Waals surface area contributed by atoms with E-state index in [0.717, 1.165) is 16.7 Å². The van der Waals surface area contributed by atoms with Gasteiger partial charge in [-0.15, -0.1) is 0 Å². The van der Waals surface area contributed by atoms with Crippen LogP contribution in [0.15, 0.2) is 76.0 Å². The molecular formula is C25H20N4O5. The number of aromatic nitrogens is 4. The predicted molar refractivity (Wildman–Crippen MR) is 125 cm³/mol. The van der Waals surface area contributed by atoms with Gasteiger partial charge in [-0.05, 0) is 41.8 Å². The second-order valence-corrected chi connectivity index (χ2v) is 7.58. The Bertz CT molecular complexity index is 1550. The molecule has 5 aromatic rings. The fourth-order valence-electron chi connectivity index (χ4n) is 4.01. The lowest BCUT2D eigenvalue weighted by Crippen LogP contribution is -2.08. The number of H-pyrrole nitrogens is 1. The smallest absolute Gasteiger partial charge is 0.439 e. The maximum atomic E-state index is 11.9. The minimum absolute atomic E-state index is 0.137. The highest BCUT2D eigenvalue weighted by atomic mass is 16.5. The van der Waals surface area contributed by atoms with Gasteiger partial charge in [0.15, 0.2) is 5.82 Å². The lowest BCUT2D eigenvalue weighted by atomic mass is 9.97. The van der Waals surface area contributed by atoms with Crippen molar-refractivity contribution in [3.05, 3.63) is 88.4 Å². The molecule has 34 heavy (non-hydrogen) atoms. The van der Waals surface area contributed by atoms with Gasteiger partial charge in [-0.25, -0.2) is 9.59 Å². The lowest BCUT2D eigenvalue weighted by Gasteiger charge is -2.13. The van der Waals surface area contributed by atoms with E-state index in [1.54, 1.807) is 22.8 Å². The van der Waals surface area contributed by atoms with Gasteiger partial charge in [0.2, 0.25) is 0 Å². The third kappa shape index (κ3) is 3.83. The molecule has 0 aliphatic heterocycles. The van der Waals surface area contributed by atoms with Crippen LogP contribution in [-0.2, 0) is 6.54 Å². The van der Waals surface area contributed by atoms with Gasteiger partial charge in [0.05, 0.1) is 29.7 Å². The van der Waals surface area contributed by atoms with E-state index < -0.39 is 11.7 Å². The topological polar surface area (TPSA) is 123 Å². The number of nitrogens with zero attached hydrogens (tertiary/aromatic N) is 3. The SMILES string of the molecule is CCOc1nc2cccc(C(=O)O)c2n1Cc1ccc(-c2ccccc2)c(-c2noc(=O)[nH]2)c1. The standard InChI is InChI=1S/C25H20N4O5/c1-2-33-24-26-20-10-6-9-18(23(30)31)21(20)29(24)14-15-11-12-17(16-7-4-3-5-8-16)19(13-15)22-27-25(32)34-28-22/h3-13H,2,14H2,1H3,(H,30,31)(H,27,28,32). The summed E-state index contributed by atoms with van der Waals surface area (Å²) in [6.07, 6.45) is 0. The van der Waals surface area contributed by atoms with Crippen molar-refractivity contribution in [2.45, 2.75) is 13.5 Å². The number of hydrogen-bond acceptors (Lipinski definition) is 6. The largest absolute Gasteiger partial charge is 0.478 e. The van der Waals surface area contributed by atoms with Crippen molar-refractivity contribution in [1.82, 2.24) is 19.7 Å². The number of hydrogen-bond donors (Lipinski definition) is 2. The minimum Gasteiger partial charge on any atom is -0.478 e. The van der Waals surface area contributed by atoms with E-state index in [9.17, 15) is 14.7 Å². The van der Waals surface area contributed by atoms with Gasteiger partial charge in [-0.2, -0.15) is 4.98 Å². The second kappa shape index (κ2) is 8.70. The van der Waals surface area contributed by atoms with Crippen LogP contribution in [-0.4, -0.2) is 37.4 Å². The van der Waals surface area contributed by atoms with Crippen molar-refractivity contribution in [1.29, 1.82) is 0 Å². The number of benzene rings is 3. The molecule has 0 amide bonds. The molecule has 3 aromatic carbocycles. The molecule has 0 radical (unpaired) electrons. The average Bonchev–Trinajstić information content (AvgIpc) is 3.43. The van der Waals surface area contributed by atoms with E-state index in [4.69, 9.17) is 9.26 Å². The van der Waals surface area contributed by atoms with Crippen LogP contribution in [0.25, 0.3) is 33.5 Å².